The second kappa shape index (κ2) is 6.17. The van der Waals surface area contributed by atoms with Gasteiger partial charge in [-0.3, -0.25) is 4.79 Å². The molecule has 0 atom stereocenters. The summed E-state index contributed by atoms with van der Waals surface area (Å²) in [6.45, 7) is 0.0812. The first-order chi connectivity index (χ1) is 10.3. The van der Waals surface area contributed by atoms with Crippen LogP contribution in [-0.2, 0) is 6.54 Å². The molecule has 22 heavy (non-hydrogen) atoms. The summed E-state index contributed by atoms with van der Waals surface area (Å²) < 4.78 is 0.872. The van der Waals surface area contributed by atoms with Gasteiger partial charge >= 0.3 is 11.7 Å². The van der Waals surface area contributed by atoms with E-state index in [0.29, 0.717) is 5.02 Å². The zero-order chi connectivity index (χ0) is 16.4. The Bertz CT molecular complexity index is 839. The lowest BCUT2D eigenvalue weighted by molar-refractivity contribution is 0.0687. The zero-order valence-electron chi connectivity index (χ0n) is 12.0. The summed E-state index contributed by atoms with van der Waals surface area (Å²) in [6.07, 6.45) is 0. The SMILES string of the molecule is CN(C)Cc1c(C(=O)O)[nH]c(=O)n(-c2cccc(Cl)c2)c1=O. The zero-order valence-corrected chi connectivity index (χ0v) is 12.7. The molecule has 0 fully saturated rings. The van der Waals surface area contributed by atoms with Gasteiger partial charge in [0, 0.05) is 11.6 Å². The summed E-state index contributed by atoms with van der Waals surface area (Å²) in [4.78, 5) is 39.8. The molecule has 0 aliphatic carbocycles. The maximum Gasteiger partial charge on any atom is 0.352 e. The van der Waals surface area contributed by atoms with E-state index >= 15 is 0 Å². The van der Waals surface area contributed by atoms with Gasteiger partial charge in [0.25, 0.3) is 5.56 Å². The quantitative estimate of drug-likeness (QED) is 0.873. The third-order valence-corrected chi connectivity index (χ3v) is 3.19. The monoisotopic (exact) mass is 323 g/mol. The van der Waals surface area contributed by atoms with Crippen LogP contribution in [-0.4, -0.2) is 39.6 Å². The van der Waals surface area contributed by atoms with E-state index in [0.717, 1.165) is 4.57 Å². The number of rotatable bonds is 4. The maximum atomic E-state index is 12.6. The molecule has 0 bridgehead atoms. The summed E-state index contributed by atoms with van der Waals surface area (Å²) in [6, 6.07) is 6.21. The minimum absolute atomic E-state index is 0.00271. The van der Waals surface area contributed by atoms with Crippen molar-refractivity contribution in [2.24, 2.45) is 0 Å². The molecule has 2 rings (SSSR count). The van der Waals surface area contributed by atoms with Gasteiger partial charge in [0.05, 0.1) is 11.3 Å². The summed E-state index contributed by atoms with van der Waals surface area (Å²) >= 11 is 5.88. The number of benzene rings is 1. The van der Waals surface area contributed by atoms with Crippen LogP contribution in [0.25, 0.3) is 5.69 Å². The van der Waals surface area contributed by atoms with E-state index in [9.17, 15) is 19.5 Å². The van der Waals surface area contributed by atoms with Crippen molar-refractivity contribution < 1.29 is 9.90 Å². The van der Waals surface area contributed by atoms with Crippen LogP contribution in [0.15, 0.2) is 33.9 Å². The highest BCUT2D eigenvalue weighted by Gasteiger charge is 2.20. The van der Waals surface area contributed by atoms with Crippen LogP contribution < -0.4 is 11.2 Å². The molecule has 0 unspecified atom stereocenters. The molecule has 8 heteroatoms. The van der Waals surface area contributed by atoms with E-state index in [1.807, 2.05) is 0 Å². The standard InChI is InChI=1S/C14H14ClN3O4/c1-17(2)7-10-11(13(20)21)16-14(22)18(12(10)19)9-5-3-4-8(15)6-9/h3-6H,7H2,1-2H3,(H,16,22)(H,20,21). The number of aromatic amines is 1. The Morgan fingerprint density at radius 2 is 2.05 bits per heavy atom. The van der Waals surface area contributed by atoms with Crippen LogP contribution in [0, 0.1) is 0 Å². The Labute approximate surface area is 130 Å². The largest absolute Gasteiger partial charge is 0.477 e. The van der Waals surface area contributed by atoms with Gasteiger partial charge in [-0.25, -0.2) is 14.2 Å². The first kappa shape index (κ1) is 16.0. The first-order valence-electron chi connectivity index (χ1n) is 6.33. The van der Waals surface area contributed by atoms with Crippen molar-refractivity contribution in [1.82, 2.24) is 14.5 Å². The minimum Gasteiger partial charge on any atom is -0.477 e. The third kappa shape index (κ3) is 3.10. The third-order valence-electron chi connectivity index (χ3n) is 2.95. The van der Waals surface area contributed by atoms with Gasteiger partial charge in [-0.1, -0.05) is 17.7 Å². The van der Waals surface area contributed by atoms with Gasteiger partial charge in [0.2, 0.25) is 0 Å². The van der Waals surface area contributed by atoms with Crippen molar-refractivity contribution in [2.75, 3.05) is 14.1 Å². The number of carbonyl (C=O) groups is 1. The number of hydrogen-bond acceptors (Lipinski definition) is 4. The maximum absolute atomic E-state index is 12.6. The topological polar surface area (TPSA) is 95.4 Å². The highest BCUT2D eigenvalue weighted by atomic mass is 35.5. The minimum atomic E-state index is -1.36. The lowest BCUT2D eigenvalue weighted by Gasteiger charge is -2.13. The van der Waals surface area contributed by atoms with Crippen molar-refractivity contribution in [3.05, 3.63) is 61.4 Å². The molecule has 0 saturated carbocycles. The second-order valence-corrected chi connectivity index (χ2v) is 5.38. The number of H-pyrrole nitrogens is 1. The van der Waals surface area contributed by atoms with Gasteiger partial charge in [0.1, 0.15) is 5.69 Å². The van der Waals surface area contributed by atoms with Crippen molar-refractivity contribution >= 4 is 17.6 Å². The summed E-state index contributed by atoms with van der Waals surface area (Å²) in [7, 11) is 3.39. The number of carboxylic acids is 1. The Morgan fingerprint density at radius 3 is 2.59 bits per heavy atom. The second-order valence-electron chi connectivity index (χ2n) is 4.95. The first-order valence-corrected chi connectivity index (χ1v) is 6.71. The molecule has 1 heterocycles. The average Bonchev–Trinajstić information content (AvgIpc) is 2.41. The Balaban J connectivity index is 2.79. The molecule has 1 aromatic heterocycles. The predicted molar refractivity (Wildman–Crippen MR) is 82.0 cm³/mol. The lowest BCUT2D eigenvalue weighted by atomic mass is 10.2. The number of hydrogen-bond donors (Lipinski definition) is 2. The van der Waals surface area contributed by atoms with Crippen LogP contribution in [0.4, 0.5) is 0 Å². The Morgan fingerprint density at radius 1 is 1.36 bits per heavy atom. The number of nitrogens with zero attached hydrogens (tertiary/aromatic N) is 2. The van der Waals surface area contributed by atoms with Crippen LogP contribution in [0.1, 0.15) is 16.1 Å². The van der Waals surface area contributed by atoms with Crippen molar-refractivity contribution in [2.45, 2.75) is 6.54 Å². The van der Waals surface area contributed by atoms with Gasteiger partial charge in [-0.05, 0) is 32.3 Å². The smallest absolute Gasteiger partial charge is 0.352 e. The van der Waals surface area contributed by atoms with Crippen molar-refractivity contribution in [1.29, 1.82) is 0 Å². The normalized spacial score (nSPS) is 10.9. The van der Waals surface area contributed by atoms with E-state index in [4.69, 9.17) is 11.6 Å². The molecular formula is C14H14ClN3O4. The molecule has 116 valence electrons. The van der Waals surface area contributed by atoms with Crippen LogP contribution in [0.2, 0.25) is 5.02 Å². The average molecular weight is 324 g/mol. The molecule has 0 radical (unpaired) electrons. The van der Waals surface area contributed by atoms with Crippen LogP contribution >= 0.6 is 11.6 Å². The van der Waals surface area contributed by atoms with Crippen molar-refractivity contribution in [3.8, 4) is 5.69 Å². The number of carboxylic acid groups (broad SMARTS) is 1. The fraction of sp³-hybridized carbons (Fsp3) is 0.214. The molecule has 0 aliphatic heterocycles. The number of aromatic nitrogens is 2. The van der Waals surface area contributed by atoms with E-state index < -0.39 is 22.9 Å². The van der Waals surface area contributed by atoms with E-state index in [-0.39, 0.29) is 17.8 Å². The van der Waals surface area contributed by atoms with Crippen LogP contribution in [0.5, 0.6) is 0 Å². The molecule has 2 N–H and O–H groups in total. The summed E-state index contributed by atoms with van der Waals surface area (Å²) in [5.41, 5.74) is -1.64. The molecule has 1 aromatic carbocycles. The fourth-order valence-electron chi connectivity index (χ4n) is 2.07. The molecule has 0 amide bonds. The van der Waals surface area contributed by atoms with Crippen LogP contribution in [0.3, 0.4) is 0 Å². The van der Waals surface area contributed by atoms with Crippen molar-refractivity contribution in [3.63, 3.8) is 0 Å². The van der Waals surface area contributed by atoms with E-state index in [1.165, 1.54) is 6.07 Å². The molecule has 0 aliphatic rings. The Hall–Kier alpha value is -2.38. The summed E-state index contributed by atoms with van der Waals surface area (Å²) in [5.74, 6) is -1.36. The van der Waals surface area contributed by atoms with E-state index in [1.54, 1.807) is 37.2 Å². The number of halogens is 1. The molecule has 0 saturated heterocycles. The number of nitrogens with one attached hydrogen (secondary N) is 1. The van der Waals surface area contributed by atoms with Gasteiger partial charge in [-0.15, -0.1) is 0 Å². The molecular weight excluding hydrogens is 310 g/mol. The lowest BCUT2D eigenvalue weighted by Crippen LogP contribution is -2.39. The fourth-order valence-corrected chi connectivity index (χ4v) is 2.25. The number of aromatic carboxylic acids is 1. The van der Waals surface area contributed by atoms with Gasteiger partial charge < -0.3 is 15.0 Å². The predicted octanol–water partition coefficient (Wildman–Crippen LogP) is 0.939. The van der Waals surface area contributed by atoms with E-state index in [2.05, 4.69) is 4.98 Å². The Kier molecular flexibility index (Phi) is 4.48. The van der Waals surface area contributed by atoms with Gasteiger partial charge in [0.15, 0.2) is 0 Å². The molecule has 2 aromatic rings. The summed E-state index contributed by atoms with van der Waals surface area (Å²) in [5, 5.41) is 9.54. The highest BCUT2D eigenvalue weighted by Crippen LogP contribution is 2.12. The highest BCUT2D eigenvalue weighted by molar-refractivity contribution is 6.30. The molecule has 7 nitrogen and oxygen atoms in total. The van der Waals surface area contributed by atoms with Gasteiger partial charge in [-0.2, -0.15) is 0 Å². The molecule has 0 spiro atoms.